The third-order valence-corrected chi connectivity index (χ3v) is 3.63. The molecule has 0 unspecified atom stereocenters. The number of carboxylic acid groups (broad SMARTS) is 1. The molecule has 24 heavy (non-hydrogen) atoms. The van der Waals surface area contributed by atoms with E-state index in [9.17, 15) is 9.59 Å². The van der Waals surface area contributed by atoms with Gasteiger partial charge in [-0.05, 0) is 30.7 Å². The first-order valence-electron chi connectivity index (χ1n) is 7.02. The number of carbonyl (C=O) groups is 2. The number of methoxy groups -OCH3 is 1. The van der Waals surface area contributed by atoms with E-state index in [4.69, 9.17) is 14.6 Å². The average Bonchev–Trinajstić information content (AvgIpc) is 3.03. The first-order valence-corrected chi connectivity index (χ1v) is 7.90. The lowest BCUT2D eigenvalue weighted by Gasteiger charge is -2.09. The van der Waals surface area contributed by atoms with Crippen molar-refractivity contribution in [2.24, 2.45) is 0 Å². The van der Waals surface area contributed by atoms with Crippen LogP contribution in [-0.2, 0) is 4.79 Å². The van der Waals surface area contributed by atoms with Crippen molar-refractivity contribution in [2.75, 3.05) is 19.0 Å². The van der Waals surface area contributed by atoms with Crippen LogP contribution in [0.25, 0.3) is 6.08 Å². The number of rotatable bonds is 7. The molecular formula is C16H16N2O5S. The lowest BCUT2D eigenvalue weighted by atomic mass is 10.2. The molecule has 0 spiro atoms. The molecule has 0 bridgehead atoms. The maximum Gasteiger partial charge on any atom is 0.355 e. The summed E-state index contributed by atoms with van der Waals surface area (Å²) in [5.74, 6) is -0.339. The lowest BCUT2D eigenvalue weighted by Crippen LogP contribution is -2.08. The molecule has 1 aromatic heterocycles. The lowest BCUT2D eigenvalue weighted by molar-refractivity contribution is -0.111. The van der Waals surface area contributed by atoms with Crippen LogP contribution >= 0.6 is 11.3 Å². The smallest absolute Gasteiger partial charge is 0.355 e. The molecule has 0 aliphatic heterocycles. The molecule has 0 fully saturated rings. The molecule has 0 saturated carbocycles. The van der Waals surface area contributed by atoms with Gasteiger partial charge in [0.2, 0.25) is 5.91 Å². The molecule has 0 atom stereocenters. The van der Waals surface area contributed by atoms with Gasteiger partial charge in [-0.3, -0.25) is 10.1 Å². The predicted octanol–water partition coefficient (Wildman–Crippen LogP) is 2.90. The van der Waals surface area contributed by atoms with Crippen molar-refractivity contribution in [1.82, 2.24) is 4.98 Å². The first kappa shape index (κ1) is 17.5. The van der Waals surface area contributed by atoms with Crippen molar-refractivity contribution in [1.29, 1.82) is 0 Å². The van der Waals surface area contributed by atoms with Gasteiger partial charge in [-0.15, -0.1) is 11.3 Å². The zero-order chi connectivity index (χ0) is 17.5. The molecule has 1 amide bonds. The topological polar surface area (TPSA) is 97.8 Å². The molecule has 2 rings (SSSR count). The van der Waals surface area contributed by atoms with Gasteiger partial charge in [0.1, 0.15) is 0 Å². The summed E-state index contributed by atoms with van der Waals surface area (Å²) in [6.45, 7) is 2.41. The van der Waals surface area contributed by atoms with Gasteiger partial charge in [0.05, 0.1) is 13.7 Å². The highest BCUT2D eigenvalue weighted by atomic mass is 32.1. The number of aromatic nitrogens is 1. The minimum absolute atomic E-state index is 0.101. The largest absolute Gasteiger partial charge is 0.493 e. The maximum absolute atomic E-state index is 11.9. The average molecular weight is 348 g/mol. The van der Waals surface area contributed by atoms with Gasteiger partial charge in [-0.1, -0.05) is 6.07 Å². The van der Waals surface area contributed by atoms with E-state index in [2.05, 4.69) is 10.3 Å². The van der Waals surface area contributed by atoms with Gasteiger partial charge in [-0.2, -0.15) is 0 Å². The fourth-order valence-corrected chi connectivity index (χ4v) is 2.50. The van der Waals surface area contributed by atoms with E-state index in [0.29, 0.717) is 18.1 Å². The van der Waals surface area contributed by atoms with Crippen molar-refractivity contribution in [3.63, 3.8) is 0 Å². The zero-order valence-corrected chi connectivity index (χ0v) is 13.9. The third-order valence-electron chi connectivity index (χ3n) is 2.87. The molecule has 2 N–H and O–H groups in total. The molecule has 1 heterocycles. The Morgan fingerprint density at radius 3 is 2.79 bits per heavy atom. The summed E-state index contributed by atoms with van der Waals surface area (Å²) in [6.07, 6.45) is 2.94. The third kappa shape index (κ3) is 4.56. The second-order valence-electron chi connectivity index (χ2n) is 4.51. The Balaban J connectivity index is 2.03. The second kappa shape index (κ2) is 8.11. The van der Waals surface area contributed by atoms with Crippen LogP contribution < -0.4 is 14.8 Å². The number of hydrogen-bond donors (Lipinski definition) is 2. The van der Waals surface area contributed by atoms with Crippen molar-refractivity contribution >= 4 is 34.4 Å². The van der Waals surface area contributed by atoms with Gasteiger partial charge in [-0.25, -0.2) is 9.78 Å². The number of benzene rings is 1. The van der Waals surface area contributed by atoms with E-state index in [1.165, 1.54) is 11.5 Å². The molecule has 0 aliphatic rings. The van der Waals surface area contributed by atoms with Crippen LogP contribution in [-0.4, -0.2) is 35.7 Å². The van der Waals surface area contributed by atoms with Crippen LogP contribution in [0.5, 0.6) is 11.5 Å². The minimum atomic E-state index is -1.14. The van der Waals surface area contributed by atoms with E-state index >= 15 is 0 Å². The molecule has 0 radical (unpaired) electrons. The highest BCUT2D eigenvalue weighted by Gasteiger charge is 2.09. The van der Waals surface area contributed by atoms with Crippen molar-refractivity contribution < 1.29 is 24.2 Å². The van der Waals surface area contributed by atoms with Gasteiger partial charge in [0.25, 0.3) is 0 Å². The van der Waals surface area contributed by atoms with Crippen LogP contribution in [0.1, 0.15) is 23.0 Å². The second-order valence-corrected chi connectivity index (χ2v) is 5.37. The first-order chi connectivity index (χ1) is 11.5. The van der Waals surface area contributed by atoms with E-state index in [1.807, 2.05) is 6.92 Å². The normalized spacial score (nSPS) is 10.6. The van der Waals surface area contributed by atoms with Gasteiger partial charge in [0, 0.05) is 11.5 Å². The fourth-order valence-electron chi connectivity index (χ4n) is 1.81. The summed E-state index contributed by atoms with van der Waals surface area (Å²) >= 11 is 1.05. The summed E-state index contributed by atoms with van der Waals surface area (Å²) in [5.41, 5.74) is 0.659. The number of carbonyl (C=O) groups excluding carboxylic acids is 1. The Morgan fingerprint density at radius 2 is 2.17 bits per heavy atom. The molecule has 8 heteroatoms. The number of amides is 1. The van der Waals surface area contributed by atoms with Crippen molar-refractivity contribution in [2.45, 2.75) is 6.92 Å². The molecule has 0 saturated heterocycles. The molecule has 0 aliphatic carbocycles. The molecule has 7 nitrogen and oxygen atoms in total. The standard InChI is InChI=1S/C16H16N2O5S/c1-3-23-12-6-4-10(8-13(12)22-2)5-7-14(19)18-16-17-11(9-24-16)15(20)21/h4-9H,3H2,1-2H3,(H,20,21)(H,17,18,19)/b7-5+. The monoisotopic (exact) mass is 348 g/mol. The van der Waals surface area contributed by atoms with Crippen molar-refractivity contribution in [3.8, 4) is 11.5 Å². The Bertz CT molecular complexity index is 770. The van der Waals surface area contributed by atoms with Gasteiger partial charge >= 0.3 is 5.97 Å². The Kier molecular flexibility index (Phi) is 5.91. The molecular weight excluding hydrogens is 332 g/mol. The predicted molar refractivity (Wildman–Crippen MR) is 90.9 cm³/mol. The van der Waals surface area contributed by atoms with E-state index in [-0.39, 0.29) is 10.8 Å². The number of nitrogens with one attached hydrogen (secondary N) is 1. The number of nitrogens with zero attached hydrogens (tertiary/aromatic N) is 1. The maximum atomic E-state index is 11.9. The van der Waals surface area contributed by atoms with E-state index < -0.39 is 11.9 Å². The van der Waals surface area contributed by atoms with Crippen LogP contribution in [0.4, 0.5) is 5.13 Å². The summed E-state index contributed by atoms with van der Waals surface area (Å²) in [6, 6.07) is 5.31. The molecule has 1 aromatic carbocycles. The Hall–Kier alpha value is -2.87. The van der Waals surface area contributed by atoms with Gasteiger partial charge < -0.3 is 14.6 Å². The SMILES string of the molecule is CCOc1ccc(/C=C/C(=O)Nc2nc(C(=O)O)cs2)cc1OC. The Labute approximate surface area is 142 Å². The molecule has 126 valence electrons. The molecule has 2 aromatic rings. The summed E-state index contributed by atoms with van der Waals surface area (Å²) in [7, 11) is 1.54. The zero-order valence-electron chi connectivity index (χ0n) is 13.1. The van der Waals surface area contributed by atoms with Crippen molar-refractivity contribution in [3.05, 3.63) is 40.9 Å². The number of aromatic carboxylic acids is 1. The van der Waals surface area contributed by atoms with Crippen LogP contribution in [0.3, 0.4) is 0 Å². The van der Waals surface area contributed by atoms with E-state index in [1.54, 1.807) is 31.4 Å². The summed E-state index contributed by atoms with van der Waals surface area (Å²) in [5, 5.41) is 12.9. The van der Waals surface area contributed by atoms with E-state index in [0.717, 1.165) is 16.9 Å². The van der Waals surface area contributed by atoms with Gasteiger partial charge in [0.15, 0.2) is 22.3 Å². The number of thiazole rings is 1. The number of ether oxygens (including phenoxy) is 2. The van der Waals surface area contributed by atoms with Crippen LogP contribution in [0, 0.1) is 0 Å². The minimum Gasteiger partial charge on any atom is -0.493 e. The Morgan fingerprint density at radius 1 is 1.38 bits per heavy atom. The van der Waals surface area contributed by atoms with Crippen LogP contribution in [0.2, 0.25) is 0 Å². The number of anilines is 1. The quantitative estimate of drug-likeness (QED) is 0.747. The van der Waals surface area contributed by atoms with Crippen LogP contribution in [0.15, 0.2) is 29.7 Å². The number of hydrogen-bond acceptors (Lipinski definition) is 6. The summed E-state index contributed by atoms with van der Waals surface area (Å²) < 4.78 is 10.7. The highest BCUT2D eigenvalue weighted by molar-refractivity contribution is 7.14. The fraction of sp³-hybridized carbons (Fsp3) is 0.188. The number of carboxylic acids is 1. The highest BCUT2D eigenvalue weighted by Crippen LogP contribution is 2.28. The summed E-state index contributed by atoms with van der Waals surface area (Å²) in [4.78, 5) is 26.4.